The number of phenolic OH excluding ortho intramolecular Hbond substituents is 1. The molecule has 1 heterocycles. The van der Waals surface area contributed by atoms with Crippen LogP contribution in [0, 0.1) is 0 Å². The third kappa shape index (κ3) is 2.31. The van der Waals surface area contributed by atoms with Crippen molar-refractivity contribution < 1.29 is 14.6 Å². The predicted octanol–water partition coefficient (Wildman–Crippen LogP) is 4.02. The number of benzene rings is 2. The quantitative estimate of drug-likeness (QED) is 0.906. The lowest BCUT2D eigenvalue weighted by Crippen LogP contribution is -2.22. The summed E-state index contributed by atoms with van der Waals surface area (Å²) in [4.78, 5) is 1.05. The summed E-state index contributed by atoms with van der Waals surface area (Å²) in [6.07, 6.45) is -0.0276. The van der Waals surface area contributed by atoms with E-state index < -0.39 is 0 Å². The Labute approximate surface area is 122 Å². The minimum absolute atomic E-state index is 0.0276. The number of hydrogen-bond acceptors (Lipinski definition) is 4. The van der Waals surface area contributed by atoms with Gasteiger partial charge in [-0.25, -0.2) is 0 Å². The summed E-state index contributed by atoms with van der Waals surface area (Å²) in [5.41, 5.74) is 1.07. The summed E-state index contributed by atoms with van der Waals surface area (Å²) in [6.45, 7) is 2.14. The number of phenols is 1. The number of ether oxygens (including phenoxy) is 2. The number of fused-ring (bicyclic) bond motifs is 1. The second kappa shape index (κ2) is 5.29. The van der Waals surface area contributed by atoms with Gasteiger partial charge >= 0.3 is 0 Å². The third-order valence-corrected chi connectivity index (χ3v) is 4.63. The van der Waals surface area contributed by atoms with Crippen LogP contribution in [0.4, 0.5) is 0 Å². The Balaban J connectivity index is 1.95. The van der Waals surface area contributed by atoms with Gasteiger partial charge in [-0.1, -0.05) is 18.2 Å². The van der Waals surface area contributed by atoms with Crippen molar-refractivity contribution >= 4 is 11.8 Å². The van der Waals surface area contributed by atoms with Gasteiger partial charge in [0.25, 0.3) is 0 Å². The van der Waals surface area contributed by atoms with E-state index in [1.54, 1.807) is 31.0 Å². The average molecular weight is 288 g/mol. The molecule has 3 nitrogen and oxygen atoms in total. The Morgan fingerprint density at radius 2 is 1.90 bits per heavy atom. The summed E-state index contributed by atoms with van der Waals surface area (Å²) in [5, 5.41) is 9.65. The fraction of sp³-hybridized carbons (Fsp3) is 0.250. The first-order valence-corrected chi connectivity index (χ1v) is 7.36. The molecule has 0 radical (unpaired) electrons. The SMILES string of the molecule is COc1cccc2c1S[C@@H](C)[C@H](c1ccc(O)cc1)O2. The van der Waals surface area contributed by atoms with Crippen molar-refractivity contribution in [1.29, 1.82) is 0 Å². The second-order valence-electron chi connectivity index (χ2n) is 4.74. The molecule has 0 aromatic heterocycles. The molecule has 1 aliphatic heterocycles. The predicted molar refractivity (Wildman–Crippen MR) is 79.8 cm³/mol. The van der Waals surface area contributed by atoms with Gasteiger partial charge in [0.2, 0.25) is 0 Å². The first kappa shape index (κ1) is 13.2. The Bertz CT molecular complexity index is 610. The molecule has 0 bridgehead atoms. The van der Waals surface area contributed by atoms with Gasteiger partial charge < -0.3 is 14.6 Å². The van der Waals surface area contributed by atoms with Crippen molar-refractivity contribution in [2.45, 2.75) is 23.2 Å². The zero-order valence-electron chi connectivity index (χ0n) is 11.4. The molecule has 1 aliphatic rings. The van der Waals surface area contributed by atoms with Crippen LogP contribution in [0.15, 0.2) is 47.4 Å². The van der Waals surface area contributed by atoms with Gasteiger partial charge in [-0.2, -0.15) is 0 Å². The van der Waals surface area contributed by atoms with Crippen molar-refractivity contribution in [3.05, 3.63) is 48.0 Å². The van der Waals surface area contributed by atoms with Crippen LogP contribution in [0.1, 0.15) is 18.6 Å². The Hall–Kier alpha value is -1.81. The van der Waals surface area contributed by atoms with E-state index in [2.05, 4.69) is 6.92 Å². The smallest absolute Gasteiger partial charge is 0.137 e. The minimum Gasteiger partial charge on any atom is -0.508 e. The van der Waals surface area contributed by atoms with Crippen molar-refractivity contribution in [2.75, 3.05) is 7.11 Å². The number of hydrogen-bond donors (Lipinski definition) is 1. The number of methoxy groups -OCH3 is 1. The van der Waals surface area contributed by atoms with Gasteiger partial charge in [-0.3, -0.25) is 0 Å². The van der Waals surface area contributed by atoms with Crippen LogP contribution in [0.2, 0.25) is 0 Å². The highest BCUT2D eigenvalue weighted by Gasteiger charge is 2.30. The molecule has 0 aliphatic carbocycles. The van der Waals surface area contributed by atoms with Crippen molar-refractivity contribution in [2.24, 2.45) is 0 Å². The second-order valence-corrected chi connectivity index (χ2v) is 6.13. The van der Waals surface area contributed by atoms with Crippen LogP contribution in [0.3, 0.4) is 0 Å². The first-order valence-electron chi connectivity index (χ1n) is 6.48. The molecule has 1 N–H and O–H groups in total. The highest BCUT2D eigenvalue weighted by Crippen LogP contribution is 2.49. The summed E-state index contributed by atoms with van der Waals surface area (Å²) >= 11 is 1.76. The van der Waals surface area contributed by atoms with Gasteiger partial charge in [0.1, 0.15) is 23.4 Å². The molecule has 4 heteroatoms. The van der Waals surface area contributed by atoms with E-state index in [-0.39, 0.29) is 17.1 Å². The van der Waals surface area contributed by atoms with E-state index in [4.69, 9.17) is 9.47 Å². The summed E-state index contributed by atoms with van der Waals surface area (Å²) in [6, 6.07) is 13.0. The zero-order valence-corrected chi connectivity index (χ0v) is 12.2. The van der Waals surface area contributed by atoms with E-state index in [9.17, 15) is 5.11 Å². The molecule has 2 atom stereocenters. The fourth-order valence-corrected chi connectivity index (χ4v) is 3.56. The summed E-state index contributed by atoms with van der Waals surface area (Å²) < 4.78 is 11.5. The van der Waals surface area contributed by atoms with E-state index in [0.717, 1.165) is 22.0 Å². The maximum atomic E-state index is 9.38. The van der Waals surface area contributed by atoms with Crippen LogP contribution in [-0.2, 0) is 0 Å². The lowest BCUT2D eigenvalue weighted by atomic mass is 10.1. The van der Waals surface area contributed by atoms with Crippen LogP contribution in [-0.4, -0.2) is 17.5 Å². The van der Waals surface area contributed by atoms with Gasteiger partial charge in [0.05, 0.1) is 12.0 Å². The third-order valence-electron chi connectivity index (χ3n) is 3.37. The molecule has 0 unspecified atom stereocenters. The molecule has 0 saturated carbocycles. The van der Waals surface area contributed by atoms with Crippen molar-refractivity contribution in [1.82, 2.24) is 0 Å². The van der Waals surface area contributed by atoms with E-state index in [1.807, 2.05) is 30.3 Å². The van der Waals surface area contributed by atoms with Gasteiger partial charge in [-0.05, 0) is 36.8 Å². The topological polar surface area (TPSA) is 38.7 Å². The van der Waals surface area contributed by atoms with Crippen LogP contribution in [0.5, 0.6) is 17.2 Å². The molecule has 0 amide bonds. The largest absolute Gasteiger partial charge is 0.508 e. The standard InChI is InChI=1S/C16H16O3S/c1-10-15(11-6-8-12(17)9-7-11)19-14-5-3-4-13(18-2)16(14)20-10/h3-10,15,17H,1-2H3/t10-,15+/m0/s1. The normalized spacial score (nSPS) is 20.9. The Kier molecular flexibility index (Phi) is 3.49. The molecule has 3 rings (SSSR count). The lowest BCUT2D eigenvalue weighted by molar-refractivity contribution is 0.193. The van der Waals surface area contributed by atoms with Crippen LogP contribution >= 0.6 is 11.8 Å². The lowest BCUT2D eigenvalue weighted by Gasteiger charge is -2.32. The highest BCUT2D eigenvalue weighted by atomic mass is 32.2. The molecule has 20 heavy (non-hydrogen) atoms. The molecule has 104 valence electrons. The minimum atomic E-state index is -0.0276. The molecular weight excluding hydrogens is 272 g/mol. The molecular formula is C16H16O3S. The van der Waals surface area contributed by atoms with Gasteiger partial charge in [0.15, 0.2) is 0 Å². The van der Waals surface area contributed by atoms with Crippen LogP contribution in [0.25, 0.3) is 0 Å². The van der Waals surface area contributed by atoms with Gasteiger partial charge in [-0.15, -0.1) is 11.8 Å². The van der Waals surface area contributed by atoms with Gasteiger partial charge in [0, 0.05) is 5.25 Å². The summed E-state index contributed by atoms with van der Waals surface area (Å²) in [5.74, 6) is 1.97. The number of rotatable bonds is 2. The number of thioether (sulfide) groups is 1. The van der Waals surface area contributed by atoms with E-state index in [1.165, 1.54) is 0 Å². The first-order chi connectivity index (χ1) is 9.69. The van der Waals surface area contributed by atoms with E-state index in [0.29, 0.717) is 0 Å². The van der Waals surface area contributed by atoms with Crippen molar-refractivity contribution in [3.8, 4) is 17.2 Å². The average Bonchev–Trinajstić information content (AvgIpc) is 2.47. The van der Waals surface area contributed by atoms with E-state index >= 15 is 0 Å². The molecule has 2 aromatic rings. The maximum Gasteiger partial charge on any atom is 0.137 e. The van der Waals surface area contributed by atoms with Crippen molar-refractivity contribution in [3.63, 3.8) is 0 Å². The maximum absolute atomic E-state index is 9.38. The molecule has 2 aromatic carbocycles. The number of aromatic hydroxyl groups is 1. The monoisotopic (exact) mass is 288 g/mol. The molecule has 0 spiro atoms. The molecule has 0 fully saturated rings. The Morgan fingerprint density at radius 3 is 2.60 bits per heavy atom. The fourth-order valence-electron chi connectivity index (χ4n) is 2.35. The highest BCUT2D eigenvalue weighted by molar-refractivity contribution is 8.00. The molecule has 0 saturated heterocycles. The Morgan fingerprint density at radius 1 is 1.15 bits per heavy atom. The summed E-state index contributed by atoms with van der Waals surface area (Å²) in [7, 11) is 1.67. The zero-order chi connectivity index (χ0) is 14.1. The van der Waals surface area contributed by atoms with Crippen LogP contribution < -0.4 is 9.47 Å².